The summed E-state index contributed by atoms with van der Waals surface area (Å²) in [5.41, 5.74) is 0.724. The molecule has 1 aromatic rings. The monoisotopic (exact) mass is 318 g/mol. The summed E-state index contributed by atoms with van der Waals surface area (Å²) in [6, 6.07) is 0.460. The molecule has 2 amide bonds. The highest BCUT2D eigenvalue weighted by Crippen LogP contribution is 2.21. The fourth-order valence-electron chi connectivity index (χ4n) is 3.62. The van der Waals surface area contributed by atoms with Crippen LogP contribution in [0.1, 0.15) is 44.1 Å². The Bertz CT molecular complexity index is 599. The molecule has 1 saturated heterocycles. The number of hydrogen-bond donors (Lipinski definition) is 1. The first-order chi connectivity index (χ1) is 11.1. The summed E-state index contributed by atoms with van der Waals surface area (Å²) < 4.78 is 1.70. The number of nitrogens with one attached hydrogen (secondary N) is 1. The van der Waals surface area contributed by atoms with Gasteiger partial charge in [0, 0.05) is 37.4 Å². The molecule has 0 bridgehead atoms. The van der Waals surface area contributed by atoms with E-state index in [1.54, 1.807) is 24.0 Å². The number of rotatable bonds is 3. The third-order valence-corrected chi connectivity index (χ3v) is 5.11. The average molecular weight is 318 g/mol. The Labute approximate surface area is 136 Å². The Morgan fingerprint density at radius 3 is 2.65 bits per heavy atom. The van der Waals surface area contributed by atoms with Gasteiger partial charge in [-0.2, -0.15) is 0 Å². The van der Waals surface area contributed by atoms with Crippen molar-refractivity contribution in [3.05, 3.63) is 28.4 Å². The fraction of sp³-hybridized carbons (Fsp3) is 0.706. The molecule has 1 saturated carbocycles. The van der Waals surface area contributed by atoms with Crippen molar-refractivity contribution in [3.8, 4) is 0 Å². The lowest BCUT2D eigenvalue weighted by Crippen LogP contribution is -2.47. The number of aryl methyl sites for hydroxylation is 1. The number of nitrogens with zero attached hydrogens (tertiary/aromatic N) is 3. The van der Waals surface area contributed by atoms with Gasteiger partial charge in [-0.1, -0.05) is 12.8 Å². The van der Waals surface area contributed by atoms with Gasteiger partial charge in [0.05, 0.1) is 6.33 Å². The smallest absolute Gasteiger partial charge is 0.317 e. The van der Waals surface area contributed by atoms with Crippen molar-refractivity contribution in [2.24, 2.45) is 5.92 Å². The Hall–Kier alpha value is -1.85. The van der Waals surface area contributed by atoms with Gasteiger partial charge in [-0.15, -0.1) is 0 Å². The number of amides is 2. The van der Waals surface area contributed by atoms with Crippen LogP contribution in [0.25, 0.3) is 0 Å². The molecule has 1 aromatic heterocycles. The second-order valence-corrected chi connectivity index (χ2v) is 6.90. The molecule has 2 heterocycles. The average Bonchev–Trinajstić information content (AvgIpc) is 3.05. The molecule has 1 N–H and O–H groups in total. The number of urea groups is 1. The molecule has 0 spiro atoms. The van der Waals surface area contributed by atoms with Crippen molar-refractivity contribution in [1.82, 2.24) is 19.8 Å². The van der Waals surface area contributed by atoms with Gasteiger partial charge in [-0.25, -0.2) is 9.78 Å². The molecule has 2 aliphatic rings. The molecule has 6 heteroatoms. The first kappa shape index (κ1) is 16.0. The molecule has 1 aliphatic carbocycles. The second-order valence-electron chi connectivity index (χ2n) is 6.90. The minimum Gasteiger partial charge on any atom is -0.335 e. The zero-order valence-corrected chi connectivity index (χ0v) is 13.8. The molecular formula is C17H26N4O2. The molecule has 1 aliphatic heterocycles. The van der Waals surface area contributed by atoms with Crippen molar-refractivity contribution in [2.75, 3.05) is 13.1 Å². The number of aromatic nitrogens is 2. The lowest BCUT2D eigenvalue weighted by atomic mass is 9.97. The summed E-state index contributed by atoms with van der Waals surface area (Å²) in [7, 11) is 0. The first-order valence-electron chi connectivity index (χ1n) is 8.70. The maximum absolute atomic E-state index is 12.3. The van der Waals surface area contributed by atoms with Gasteiger partial charge in [0.2, 0.25) is 0 Å². The topological polar surface area (TPSA) is 67.2 Å². The largest absolute Gasteiger partial charge is 0.335 e. The second kappa shape index (κ2) is 7.15. The molecule has 2 fully saturated rings. The van der Waals surface area contributed by atoms with Gasteiger partial charge in [-0.05, 0) is 38.5 Å². The van der Waals surface area contributed by atoms with E-state index in [4.69, 9.17) is 0 Å². The summed E-state index contributed by atoms with van der Waals surface area (Å²) in [6.45, 7) is 4.04. The lowest BCUT2D eigenvalue weighted by molar-refractivity contribution is 0.162. The summed E-state index contributed by atoms with van der Waals surface area (Å²) in [5, 5.41) is 3.15. The molecule has 126 valence electrons. The van der Waals surface area contributed by atoms with Crippen LogP contribution in [0.2, 0.25) is 0 Å². The maximum atomic E-state index is 12.3. The van der Waals surface area contributed by atoms with Crippen LogP contribution in [0.15, 0.2) is 17.3 Å². The summed E-state index contributed by atoms with van der Waals surface area (Å²) in [4.78, 5) is 30.3. The van der Waals surface area contributed by atoms with Crippen LogP contribution < -0.4 is 10.9 Å². The van der Waals surface area contributed by atoms with Crippen LogP contribution in [-0.4, -0.2) is 39.6 Å². The van der Waals surface area contributed by atoms with Crippen LogP contribution in [0.5, 0.6) is 0 Å². The summed E-state index contributed by atoms with van der Waals surface area (Å²) >= 11 is 0. The Morgan fingerprint density at radius 2 is 1.96 bits per heavy atom. The lowest BCUT2D eigenvalue weighted by Gasteiger charge is -2.33. The van der Waals surface area contributed by atoms with E-state index >= 15 is 0 Å². The normalized spacial score (nSPS) is 20.0. The predicted molar refractivity (Wildman–Crippen MR) is 88.3 cm³/mol. The highest BCUT2D eigenvalue weighted by molar-refractivity contribution is 5.74. The number of piperidine rings is 1. The van der Waals surface area contributed by atoms with Gasteiger partial charge in [-0.3, -0.25) is 9.36 Å². The van der Waals surface area contributed by atoms with E-state index < -0.39 is 0 Å². The number of carbonyl (C=O) groups is 1. The van der Waals surface area contributed by atoms with E-state index in [2.05, 4.69) is 10.3 Å². The van der Waals surface area contributed by atoms with E-state index in [9.17, 15) is 9.59 Å². The highest BCUT2D eigenvalue weighted by Gasteiger charge is 2.25. The van der Waals surface area contributed by atoms with E-state index in [1.165, 1.54) is 12.8 Å². The Morgan fingerprint density at radius 1 is 1.26 bits per heavy atom. The molecule has 6 nitrogen and oxygen atoms in total. The van der Waals surface area contributed by atoms with E-state index in [0.717, 1.165) is 38.8 Å². The molecule has 0 unspecified atom stereocenters. The third-order valence-electron chi connectivity index (χ3n) is 5.11. The van der Waals surface area contributed by atoms with Gasteiger partial charge >= 0.3 is 6.03 Å². The number of carbonyl (C=O) groups excluding carboxylic acids is 1. The van der Waals surface area contributed by atoms with Gasteiger partial charge < -0.3 is 10.2 Å². The molecule has 0 aromatic carbocycles. The molecule has 3 rings (SSSR count). The maximum Gasteiger partial charge on any atom is 0.317 e. The summed E-state index contributed by atoms with van der Waals surface area (Å²) in [5.74, 6) is 0.437. The van der Waals surface area contributed by atoms with Crippen LogP contribution in [0.3, 0.4) is 0 Å². The first-order valence-corrected chi connectivity index (χ1v) is 8.70. The third kappa shape index (κ3) is 3.92. The Kier molecular flexibility index (Phi) is 4.98. The summed E-state index contributed by atoms with van der Waals surface area (Å²) in [6.07, 6.45) is 9.80. The number of hydrogen-bond acceptors (Lipinski definition) is 3. The van der Waals surface area contributed by atoms with E-state index in [0.29, 0.717) is 24.1 Å². The predicted octanol–water partition coefficient (Wildman–Crippen LogP) is 1.92. The molecule has 0 atom stereocenters. The van der Waals surface area contributed by atoms with Crippen LogP contribution in [0.4, 0.5) is 4.79 Å². The van der Waals surface area contributed by atoms with E-state index in [-0.39, 0.29) is 11.6 Å². The minimum absolute atomic E-state index is 0.0430. The van der Waals surface area contributed by atoms with Crippen LogP contribution >= 0.6 is 0 Å². The highest BCUT2D eigenvalue weighted by atomic mass is 16.2. The van der Waals surface area contributed by atoms with Crippen molar-refractivity contribution >= 4 is 6.03 Å². The van der Waals surface area contributed by atoms with Gasteiger partial charge in [0.1, 0.15) is 0 Å². The van der Waals surface area contributed by atoms with E-state index in [1.807, 2.05) is 4.90 Å². The molecule has 23 heavy (non-hydrogen) atoms. The number of likely N-dealkylation sites (tertiary alicyclic amines) is 1. The van der Waals surface area contributed by atoms with Crippen molar-refractivity contribution in [1.29, 1.82) is 0 Å². The van der Waals surface area contributed by atoms with Gasteiger partial charge in [0.25, 0.3) is 5.56 Å². The van der Waals surface area contributed by atoms with Crippen LogP contribution in [-0.2, 0) is 6.54 Å². The van der Waals surface area contributed by atoms with Crippen molar-refractivity contribution in [2.45, 2.75) is 58.0 Å². The van der Waals surface area contributed by atoms with Crippen LogP contribution in [0, 0.1) is 12.8 Å². The standard InChI is InChI=1S/C17H26N4O2/c1-13-10-18-12-21(16(13)22)11-14-6-8-20(9-7-14)17(23)19-15-4-2-3-5-15/h10,12,14-15H,2-9,11H2,1H3,(H,19,23). The SMILES string of the molecule is Cc1cncn(CC2CCN(C(=O)NC3CCCC3)CC2)c1=O. The van der Waals surface area contributed by atoms with Gasteiger partial charge in [0.15, 0.2) is 0 Å². The molecular weight excluding hydrogens is 292 g/mol. The Balaban J connectivity index is 1.49. The minimum atomic E-state index is 0.0430. The quantitative estimate of drug-likeness (QED) is 0.926. The fourth-order valence-corrected chi connectivity index (χ4v) is 3.62. The zero-order valence-electron chi connectivity index (χ0n) is 13.8. The van der Waals surface area contributed by atoms with Crippen molar-refractivity contribution in [3.63, 3.8) is 0 Å². The zero-order chi connectivity index (χ0) is 16.2. The van der Waals surface area contributed by atoms with Crippen molar-refractivity contribution < 1.29 is 4.79 Å². The molecule has 0 radical (unpaired) electrons.